The number of benzene rings is 1. The van der Waals surface area contributed by atoms with Crippen LogP contribution in [-0.4, -0.2) is 34.6 Å². The van der Waals surface area contributed by atoms with E-state index in [1.165, 1.54) is 0 Å². The molecule has 8 nitrogen and oxygen atoms in total. The van der Waals surface area contributed by atoms with Gasteiger partial charge in [-0.25, -0.2) is 4.79 Å². The Balaban J connectivity index is 1.66. The number of rotatable bonds is 7. The Morgan fingerprint density at radius 1 is 1.19 bits per heavy atom. The predicted molar refractivity (Wildman–Crippen MR) is 116 cm³/mol. The highest BCUT2D eigenvalue weighted by Crippen LogP contribution is 2.19. The second kappa shape index (κ2) is 10.7. The molecular formula is C24H27N3O5. The molecule has 1 aromatic heterocycles. The summed E-state index contributed by atoms with van der Waals surface area (Å²) in [6.45, 7) is 3.89. The van der Waals surface area contributed by atoms with Crippen molar-refractivity contribution in [3.05, 3.63) is 65.5 Å². The lowest BCUT2D eigenvalue weighted by molar-refractivity contribution is -0.141. The van der Waals surface area contributed by atoms with E-state index < -0.39 is 29.7 Å². The Morgan fingerprint density at radius 3 is 2.66 bits per heavy atom. The van der Waals surface area contributed by atoms with Gasteiger partial charge in [0.05, 0.1) is 6.04 Å². The second-order valence-electron chi connectivity index (χ2n) is 8.20. The molecule has 1 aromatic carbocycles. The first-order chi connectivity index (χ1) is 15.3. The summed E-state index contributed by atoms with van der Waals surface area (Å²) in [5.41, 5.74) is 2.31. The third-order valence-corrected chi connectivity index (χ3v) is 5.33. The molecule has 2 atom stereocenters. The van der Waals surface area contributed by atoms with Crippen LogP contribution in [0.5, 0.6) is 0 Å². The molecular weight excluding hydrogens is 410 g/mol. The number of Topliss-reactive ketones (excluding diaryl/α,β-unsaturated/α-hetero) is 2. The van der Waals surface area contributed by atoms with Crippen molar-refractivity contribution in [2.75, 3.05) is 0 Å². The number of alkyl carbamates (subject to hydrolysis) is 1. The van der Waals surface area contributed by atoms with Gasteiger partial charge in [0, 0.05) is 37.2 Å². The van der Waals surface area contributed by atoms with E-state index in [1.807, 2.05) is 36.4 Å². The van der Waals surface area contributed by atoms with Gasteiger partial charge >= 0.3 is 6.09 Å². The summed E-state index contributed by atoms with van der Waals surface area (Å²) in [5, 5.41) is 5.20. The summed E-state index contributed by atoms with van der Waals surface area (Å²) in [5.74, 6) is -2.79. The summed E-state index contributed by atoms with van der Waals surface area (Å²) in [6, 6.07) is 11.9. The van der Waals surface area contributed by atoms with Crippen molar-refractivity contribution >= 4 is 23.6 Å². The molecule has 2 unspecified atom stereocenters. The molecule has 0 saturated heterocycles. The molecule has 168 valence electrons. The number of aromatic nitrogens is 1. The van der Waals surface area contributed by atoms with Gasteiger partial charge in [0.15, 0.2) is 5.78 Å². The Morgan fingerprint density at radius 2 is 1.94 bits per heavy atom. The van der Waals surface area contributed by atoms with Gasteiger partial charge in [-0.1, -0.05) is 44.2 Å². The summed E-state index contributed by atoms with van der Waals surface area (Å²) < 4.78 is 5.23. The number of amides is 2. The maximum Gasteiger partial charge on any atom is 0.408 e. The Hall–Kier alpha value is -3.55. The van der Waals surface area contributed by atoms with Crippen molar-refractivity contribution in [3.8, 4) is 0 Å². The van der Waals surface area contributed by atoms with Crippen LogP contribution >= 0.6 is 0 Å². The highest BCUT2D eigenvalue weighted by atomic mass is 16.5. The third kappa shape index (κ3) is 6.23. The number of hydrogen-bond donors (Lipinski definition) is 2. The van der Waals surface area contributed by atoms with E-state index in [2.05, 4.69) is 15.6 Å². The zero-order valence-electron chi connectivity index (χ0n) is 18.2. The molecule has 0 radical (unpaired) electrons. The number of fused-ring (bicyclic) bond motifs is 2. The van der Waals surface area contributed by atoms with Crippen molar-refractivity contribution in [2.45, 2.75) is 45.9 Å². The number of pyridine rings is 1. The van der Waals surface area contributed by atoms with Crippen LogP contribution < -0.4 is 10.6 Å². The van der Waals surface area contributed by atoms with Crippen molar-refractivity contribution in [1.29, 1.82) is 0 Å². The number of ketones is 2. The quantitative estimate of drug-likeness (QED) is 0.643. The first-order valence-electron chi connectivity index (χ1n) is 10.6. The van der Waals surface area contributed by atoms with Gasteiger partial charge in [-0.05, 0) is 29.2 Å². The zero-order valence-corrected chi connectivity index (χ0v) is 18.2. The number of carbonyl (C=O) groups is 4. The molecule has 1 aliphatic heterocycles. The first-order valence-corrected chi connectivity index (χ1v) is 10.6. The molecule has 1 aliphatic rings. The summed E-state index contributed by atoms with van der Waals surface area (Å²) >= 11 is 0. The fourth-order valence-electron chi connectivity index (χ4n) is 3.60. The van der Waals surface area contributed by atoms with E-state index in [-0.39, 0.29) is 37.7 Å². The van der Waals surface area contributed by atoms with Gasteiger partial charge in [-0.15, -0.1) is 0 Å². The van der Waals surface area contributed by atoms with E-state index in [4.69, 9.17) is 4.74 Å². The average molecular weight is 437 g/mol. The van der Waals surface area contributed by atoms with Gasteiger partial charge in [-0.2, -0.15) is 0 Å². The van der Waals surface area contributed by atoms with E-state index in [0.717, 1.165) is 11.1 Å². The fourth-order valence-corrected chi connectivity index (χ4v) is 3.60. The lowest BCUT2D eigenvalue weighted by Crippen LogP contribution is -2.46. The van der Waals surface area contributed by atoms with E-state index in [0.29, 0.717) is 5.69 Å². The van der Waals surface area contributed by atoms with Crippen LogP contribution in [0.15, 0.2) is 48.7 Å². The molecule has 0 fully saturated rings. The standard InChI is InChI=1S/C24H27N3O5/c1-15(2)21(27-24(31)32-14-16-6-4-3-5-7-16)20(28)12-18-11-19-10-17(8-9-25-19)13-26-23(30)22(18)29/h3-10,15,18,21H,11-14H2,1-2H3,(H,26,30)(H,27,31). The molecule has 32 heavy (non-hydrogen) atoms. The van der Waals surface area contributed by atoms with Crippen molar-refractivity contribution in [3.63, 3.8) is 0 Å². The predicted octanol–water partition coefficient (Wildman–Crippen LogP) is 2.35. The van der Waals surface area contributed by atoms with Gasteiger partial charge in [-0.3, -0.25) is 19.4 Å². The van der Waals surface area contributed by atoms with Crippen LogP contribution in [0.2, 0.25) is 0 Å². The molecule has 0 saturated carbocycles. The van der Waals surface area contributed by atoms with Crippen LogP contribution in [0.4, 0.5) is 4.79 Å². The average Bonchev–Trinajstić information content (AvgIpc) is 2.82. The summed E-state index contributed by atoms with van der Waals surface area (Å²) in [7, 11) is 0. The van der Waals surface area contributed by atoms with Crippen LogP contribution in [0, 0.1) is 11.8 Å². The molecule has 2 N–H and O–H groups in total. The first kappa shape index (κ1) is 23.1. The minimum atomic E-state index is -0.855. The van der Waals surface area contributed by atoms with Crippen LogP contribution in [0.3, 0.4) is 0 Å². The minimum Gasteiger partial charge on any atom is -0.445 e. The van der Waals surface area contributed by atoms with Gasteiger partial charge in [0.2, 0.25) is 5.78 Å². The van der Waals surface area contributed by atoms with Gasteiger partial charge < -0.3 is 15.4 Å². The third-order valence-electron chi connectivity index (χ3n) is 5.33. The topological polar surface area (TPSA) is 114 Å². The molecule has 0 spiro atoms. The van der Waals surface area contributed by atoms with E-state index in [9.17, 15) is 19.2 Å². The van der Waals surface area contributed by atoms with Gasteiger partial charge in [0.1, 0.15) is 6.61 Å². The normalized spacial score (nSPS) is 16.9. The Labute approximate surface area is 186 Å². The molecule has 2 heterocycles. The molecule has 2 aromatic rings. The van der Waals surface area contributed by atoms with Crippen molar-refractivity contribution < 1.29 is 23.9 Å². The highest BCUT2D eigenvalue weighted by Gasteiger charge is 2.33. The number of hydrogen-bond acceptors (Lipinski definition) is 6. The fraction of sp³-hybridized carbons (Fsp3) is 0.375. The molecule has 8 heteroatoms. The van der Waals surface area contributed by atoms with Crippen LogP contribution in [0.25, 0.3) is 0 Å². The number of carbonyl (C=O) groups excluding carboxylic acids is 4. The number of nitrogens with zero attached hydrogens (tertiary/aromatic N) is 1. The Kier molecular flexibility index (Phi) is 7.70. The van der Waals surface area contributed by atoms with Crippen LogP contribution in [0.1, 0.15) is 37.1 Å². The molecule has 2 bridgehead atoms. The number of nitrogens with one attached hydrogen (secondary N) is 2. The van der Waals surface area contributed by atoms with E-state index in [1.54, 1.807) is 26.1 Å². The second-order valence-corrected chi connectivity index (χ2v) is 8.20. The summed E-state index contributed by atoms with van der Waals surface area (Å²) in [6.07, 6.45) is 0.899. The monoisotopic (exact) mass is 437 g/mol. The number of ether oxygens (including phenoxy) is 1. The van der Waals surface area contributed by atoms with Crippen LogP contribution in [-0.2, 0) is 38.7 Å². The lowest BCUT2D eigenvalue weighted by Gasteiger charge is -2.23. The van der Waals surface area contributed by atoms with Crippen molar-refractivity contribution in [1.82, 2.24) is 15.6 Å². The lowest BCUT2D eigenvalue weighted by atomic mass is 9.87. The summed E-state index contributed by atoms with van der Waals surface area (Å²) in [4.78, 5) is 54.5. The molecule has 2 amide bonds. The molecule has 3 rings (SSSR count). The smallest absolute Gasteiger partial charge is 0.408 e. The molecule has 0 aliphatic carbocycles. The SMILES string of the molecule is CC(C)C(NC(=O)OCc1ccccc1)C(=O)CC1Cc2cc(ccn2)CNC(=O)C1=O. The Bertz CT molecular complexity index is 990. The van der Waals surface area contributed by atoms with Gasteiger partial charge in [0.25, 0.3) is 5.91 Å². The maximum atomic E-state index is 13.0. The van der Waals surface area contributed by atoms with E-state index >= 15 is 0 Å². The largest absolute Gasteiger partial charge is 0.445 e. The van der Waals surface area contributed by atoms with Crippen molar-refractivity contribution in [2.24, 2.45) is 11.8 Å². The minimum absolute atomic E-state index is 0.0783. The maximum absolute atomic E-state index is 13.0. The highest BCUT2D eigenvalue weighted by molar-refractivity contribution is 6.37. The zero-order chi connectivity index (χ0) is 23.1.